The number of carbonyl (C=O) groups excluding carboxylic acids is 1. The van der Waals surface area contributed by atoms with Gasteiger partial charge in [0, 0.05) is 17.0 Å². The van der Waals surface area contributed by atoms with E-state index >= 15 is 0 Å². The summed E-state index contributed by atoms with van der Waals surface area (Å²) in [5, 5.41) is 8.87. The van der Waals surface area contributed by atoms with Crippen LogP contribution in [0.1, 0.15) is 90.3 Å². The Labute approximate surface area is 204 Å². The molecule has 0 spiro atoms. The molecule has 3 aromatic rings. The van der Waals surface area contributed by atoms with Gasteiger partial charge in [0.15, 0.2) is 0 Å². The third kappa shape index (κ3) is 5.88. The van der Waals surface area contributed by atoms with E-state index in [0.717, 1.165) is 45.5 Å². The molecule has 0 aliphatic heterocycles. The third-order valence-electron chi connectivity index (χ3n) is 5.78. The SMILES string of the molecule is CC.CCOc1c(-c2n[nH]c3ccc(/C(=C/C(=O)OC)CC)cc23)cc(C(C)C)cc1C(C)C. The highest BCUT2D eigenvalue weighted by molar-refractivity contribution is 5.98. The normalized spacial score (nSPS) is 11.6. The molecule has 3 rings (SSSR count). The molecular weight excluding hydrogens is 424 g/mol. The summed E-state index contributed by atoms with van der Waals surface area (Å²) in [5.41, 5.74) is 7.17. The lowest BCUT2D eigenvalue weighted by molar-refractivity contribution is -0.134. The second-order valence-corrected chi connectivity index (χ2v) is 8.61. The number of rotatable bonds is 8. The van der Waals surface area contributed by atoms with Gasteiger partial charge in [-0.05, 0) is 65.6 Å². The van der Waals surface area contributed by atoms with Crippen LogP contribution in [-0.4, -0.2) is 29.9 Å². The molecular formula is C29H40N2O3. The molecule has 1 aromatic heterocycles. The quantitative estimate of drug-likeness (QED) is 0.272. The second-order valence-electron chi connectivity index (χ2n) is 8.61. The zero-order chi connectivity index (χ0) is 25.4. The van der Waals surface area contributed by atoms with Gasteiger partial charge in [-0.1, -0.05) is 60.6 Å². The van der Waals surface area contributed by atoms with Crippen LogP contribution in [0, 0.1) is 0 Å². The molecule has 0 fully saturated rings. The Kier molecular flexibility index (Phi) is 9.91. The van der Waals surface area contributed by atoms with Gasteiger partial charge in [-0.2, -0.15) is 5.10 Å². The Morgan fingerprint density at radius 3 is 2.32 bits per heavy atom. The van der Waals surface area contributed by atoms with Crippen LogP contribution >= 0.6 is 0 Å². The maximum absolute atomic E-state index is 11.8. The van der Waals surface area contributed by atoms with Crippen molar-refractivity contribution in [3.63, 3.8) is 0 Å². The van der Waals surface area contributed by atoms with E-state index in [1.165, 1.54) is 18.2 Å². The third-order valence-corrected chi connectivity index (χ3v) is 5.78. The lowest BCUT2D eigenvalue weighted by Gasteiger charge is -2.20. The van der Waals surface area contributed by atoms with Gasteiger partial charge < -0.3 is 9.47 Å². The number of ether oxygens (including phenoxy) is 2. The summed E-state index contributed by atoms with van der Waals surface area (Å²) in [4.78, 5) is 11.8. The molecule has 0 atom stereocenters. The fourth-order valence-electron chi connectivity index (χ4n) is 3.93. The summed E-state index contributed by atoms with van der Waals surface area (Å²) in [7, 11) is 1.40. The maximum Gasteiger partial charge on any atom is 0.330 e. The molecule has 1 N–H and O–H groups in total. The first-order valence-electron chi connectivity index (χ1n) is 12.4. The molecule has 0 aliphatic rings. The molecule has 184 valence electrons. The Bertz CT molecular complexity index is 1140. The van der Waals surface area contributed by atoms with Crippen molar-refractivity contribution in [3.05, 3.63) is 53.1 Å². The molecule has 34 heavy (non-hydrogen) atoms. The van der Waals surface area contributed by atoms with E-state index in [-0.39, 0.29) is 5.97 Å². The van der Waals surface area contributed by atoms with E-state index in [1.807, 2.05) is 39.8 Å². The smallest absolute Gasteiger partial charge is 0.330 e. The molecule has 0 unspecified atom stereocenters. The zero-order valence-corrected chi connectivity index (χ0v) is 22.2. The number of hydrogen-bond acceptors (Lipinski definition) is 4. The van der Waals surface area contributed by atoms with Crippen molar-refractivity contribution in [2.45, 2.75) is 73.6 Å². The number of aromatic nitrogens is 2. The zero-order valence-electron chi connectivity index (χ0n) is 22.2. The standard InChI is InChI=1S/C27H34N2O3.C2H6/c1-8-18(15-25(30)31-7)19-10-11-24-22(12-19)26(29-28-24)23-14-20(16(3)4)13-21(17(5)6)27(23)32-9-2;1-2/h10-17H,8-9H2,1-7H3,(H,28,29);1-2H3/b18-15+;. The molecule has 0 aliphatic carbocycles. The van der Waals surface area contributed by atoms with Gasteiger partial charge >= 0.3 is 5.97 Å². The van der Waals surface area contributed by atoms with Crippen molar-refractivity contribution < 1.29 is 14.3 Å². The number of benzene rings is 2. The molecule has 0 saturated carbocycles. The van der Waals surface area contributed by atoms with E-state index in [0.29, 0.717) is 18.4 Å². The van der Waals surface area contributed by atoms with E-state index in [4.69, 9.17) is 14.6 Å². The van der Waals surface area contributed by atoms with Gasteiger partial charge in [0.1, 0.15) is 11.4 Å². The van der Waals surface area contributed by atoms with Crippen LogP contribution in [0.25, 0.3) is 27.7 Å². The van der Waals surface area contributed by atoms with Crippen LogP contribution in [0.2, 0.25) is 0 Å². The van der Waals surface area contributed by atoms with Crippen molar-refractivity contribution in [1.29, 1.82) is 0 Å². The Morgan fingerprint density at radius 2 is 1.76 bits per heavy atom. The first-order valence-corrected chi connectivity index (χ1v) is 12.4. The minimum Gasteiger partial charge on any atom is -0.493 e. The van der Waals surface area contributed by atoms with E-state index in [9.17, 15) is 4.79 Å². The van der Waals surface area contributed by atoms with E-state index in [2.05, 4.69) is 51.0 Å². The Balaban J connectivity index is 0.00000199. The average Bonchev–Trinajstić information content (AvgIpc) is 3.26. The van der Waals surface area contributed by atoms with E-state index in [1.54, 1.807) is 6.08 Å². The molecule has 0 radical (unpaired) electrons. The summed E-state index contributed by atoms with van der Waals surface area (Å²) in [6, 6.07) is 10.6. The van der Waals surface area contributed by atoms with Crippen molar-refractivity contribution in [1.82, 2.24) is 10.2 Å². The summed E-state index contributed by atoms with van der Waals surface area (Å²) >= 11 is 0. The molecule has 0 bridgehead atoms. The lowest BCUT2D eigenvalue weighted by Crippen LogP contribution is -2.03. The number of carbonyl (C=O) groups is 1. The van der Waals surface area contributed by atoms with Gasteiger partial charge in [0.25, 0.3) is 0 Å². The topological polar surface area (TPSA) is 64.2 Å². The molecule has 5 nitrogen and oxygen atoms in total. The molecule has 0 saturated heterocycles. The number of fused-ring (bicyclic) bond motifs is 1. The van der Waals surface area contributed by atoms with Crippen LogP contribution in [0.5, 0.6) is 5.75 Å². The highest BCUT2D eigenvalue weighted by Gasteiger charge is 2.21. The van der Waals surface area contributed by atoms with Gasteiger partial charge in [-0.3, -0.25) is 5.10 Å². The molecule has 5 heteroatoms. The van der Waals surface area contributed by atoms with Crippen LogP contribution < -0.4 is 4.74 Å². The van der Waals surface area contributed by atoms with Crippen LogP contribution in [0.4, 0.5) is 0 Å². The summed E-state index contributed by atoms with van der Waals surface area (Å²) in [6.45, 7) is 17.4. The number of H-pyrrole nitrogens is 1. The van der Waals surface area contributed by atoms with Gasteiger partial charge in [-0.15, -0.1) is 0 Å². The van der Waals surface area contributed by atoms with Gasteiger partial charge in [-0.25, -0.2) is 4.79 Å². The fraction of sp³-hybridized carbons (Fsp3) is 0.448. The first-order chi connectivity index (χ1) is 16.3. The lowest BCUT2D eigenvalue weighted by atomic mass is 9.90. The van der Waals surface area contributed by atoms with Gasteiger partial charge in [0.05, 0.1) is 19.2 Å². The highest BCUT2D eigenvalue weighted by atomic mass is 16.5. The largest absolute Gasteiger partial charge is 0.493 e. The molecule has 2 aromatic carbocycles. The fourth-order valence-corrected chi connectivity index (χ4v) is 3.93. The minimum absolute atomic E-state index is 0.324. The van der Waals surface area contributed by atoms with E-state index < -0.39 is 0 Å². The predicted molar refractivity (Wildman–Crippen MR) is 143 cm³/mol. The Hall–Kier alpha value is -3.08. The number of nitrogens with zero attached hydrogens (tertiary/aromatic N) is 1. The predicted octanol–water partition coefficient (Wildman–Crippen LogP) is 7.87. The van der Waals surface area contributed by atoms with Gasteiger partial charge in [0.2, 0.25) is 0 Å². The van der Waals surface area contributed by atoms with Crippen molar-refractivity contribution >= 4 is 22.4 Å². The number of methoxy groups -OCH3 is 1. The average molecular weight is 465 g/mol. The minimum atomic E-state index is -0.348. The second kappa shape index (κ2) is 12.4. The summed E-state index contributed by atoms with van der Waals surface area (Å²) in [6.07, 6.45) is 2.28. The number of hydrogen-bond donors (Lipinski definition) is 1. The monoisotopic (exact) mass is 464 g/mol. The highest BCUT2D eigenvalue weighted by Crippen LogP contribution is 2.41. The number of esters is 1. The van der Waals surface area contributed by atoms with Crippen molar-refractivity contribution in [2.24, 2.45) is 0 Å². The van der Waals surface area contributed by atoms with Crippen molar-refractivity contribution in [3.8, 4) is 17.0 Å². The number of aromatic amines is 1. The molecule has 1 heterocycles. The maximum atomic E-state index is 11.8. The van der Waals surface area contributed by atoms with Crippen LogP contribution in [-0.2, 0) is 9.53 Å². The molecule has 0 amide bonds. The van der Waals surface area contributed by atoms with Crippen LogP contribution in [0.3, 0.4) is 0 Å². The number of nitrogens with one attached hydrogen (secondary N) is 1. The summed E-state index contributed by atoms with van der Waals surface area (Å²) in [5.74, 6) is 1.26. The summed E-state index contributed by atoms with van der Waals surface area (Å²) < 4.78 is 11.0. The number of allylic oxidation sites excluding steroid dienone is 1. The Morgan fingerprint density at radius 1 is 1.06 bits per heavy atom. The van der Waals surface area contributed by atoms with Crippen molar-refractivity contribution in [2.75, 3.05) is 13.7 Å². The van der Waals surface area contributed by atoms with Crippen LogP contribution in [0.15, 0.2) is 36.4 Å². The first kappa shape index (κ1) is 27.2.